The molecule has 2 atom stereocenters. The molecule has 2 rings (SSSR count). The monoisotopic (exact) mass is 225 g/mol. The standard InChI is InChI=1S/C12H23N3O/c1-10-12(16)15(7-5-13-10)9-11-4-3-6-14(2)8-11/h10-11,13H,3-9H2,1-2H3. The number of hydrogen-bond donors (Lipinski definition) is 1. The summed E-state index contributed by atoms with van der Waals surface area (Å²) in [4.78, 5) is 16.4. The highest BCUT2D eigenvalue weighted by Crippen LogP contribution is 2.17. The van der Waals surface area contributed by atoms with Gasteiger partial charge in [-0.25, -0.2) is 0 Å². The predicted molar refractivity (Wildman–Crippen MR) is 64.3 cm³/mol. The van der Waals surface area contributed by atoms with Crippen molar-refractivity contribution in [2.24, 2.45) is 5.92 Å². The largest absolute Gasteiger partial charge is 0.340 e. The van der Waals surface area contributed by atoms with Crippen LogP contribution in [0, 0.1) is 5.92 Å². The van der Waals surface area contributed by atoms with Crippen LogP contribution in [0.4, 0.5) is 0 Å². The zero-order chi connectivity index (χ0) is 11.5. The molecule has 1 N–H and O–H groups in total. The molecule has 0 aliphatic carbocycles. The fourth-order valence-electron chi connectivity index (χ4n) is 2.80. The number of nitrogens with zero attached hydrogens (tertiary/aromatic N) is 2. The Morgan fingerprint density at radius 2 is 2.25 bits per heavy atom. The summed E-state index contributed by atoms with van der Waals surface area (Å²) in [7, 11) is 2.17. The zero-order valence-electron chi connectivity index (χ0n) is 10.4. The third-order valence-electron chi connectivity index (χ3n) is 3.72. The topological polar surface area (TPSA) is 35.6 Å². The van der Waals surface area contributed by atoms with Crippen LogP contribution in [0.1, 0.15) is 19.8 Å². The van der Waals surface area contributed by atoms with Gasteiger partial charge >= 0.3 is 0 Å². The molecule has 0 aromatic heterocycles. The van der Waals surface area contributed by atoms with Gasteiger partial charge in [-0.05, 0) is 39.3 Å². The smallest absolute Gasteiger partial charge is 0.239 e. The maximum atomic E-state index is 11.9. The second-order valence-electron chi connectivity index (χ2n) is 5.23. The maximum Gasteiger partial charge on any atom is 0.239 e. The second-order valence-corrected chi connectivity index (χ2v) is 5.23. The highest BCUT2D eigenvalue weighted by atomic mass is 16.2. The summed E-state index contributed by atoms with van der Waals surface area (Å²) >= 11 is 0. The van der Waals surface area contributed by atoms with Crippen LogP contribution in [0.25, 0.3) is 0 Å². The zero-order valence-corrected chi connectivity index (χ0v) is 10.4. The van der Waals surface area contributed by atoms with Crippen molar-refractivity contribution in [1.82, 2.24) is 15.1 Å². The van der Waals surface area contributed by atoms with Gasteiger partial charge < -0.3 is 15.1 Å². The van der Waals surface area contributed by atoms with Gasteiger partial charge in [-0.2, -0.15) is 0 Å². The lowest BCUT2D eigenvalue weighted by atomic mass is 9.97. The molecule has 2 aliphatic rings. The van der Waals surface area contributed by atoms with Crippen LogP contribution < -0.4 is 5.32 Å². The summed E-state index contributed by atoms with van der Waals surface area (Å²) in [5.41, 5.74) is 0. The Morgan fingerprint density at radius 3 is 3.00 bits per heavy atom. The van der Waals surface area contributed by atoms with Crippen LogP contribution >= 0.6 is 0 Å². The van der Waals surface area contributed by atoms with Gasteiger partial charge in [0.05, 0.1) is 6.04 Å². The highest BCUT2D eigenvalue weighted by Gasteiger charge is 2.27. The number of rotatable bonds is 2. The Bertz CT molecular complexity index is 257. The Labute approximate surface area is 98.0 Å². The first-order chi connectivity index (χ1) is 7.66. The minimum atomic E-state index is 0.00932. The van der Waals surface area contributed by atoms with E-state index in [1.807, 2.05) is 11.8 Å². The van der Waals surface area contributed by atoms with Gasteiger partial charge in [-0.1, -0.05) is 0 Å². The minimum absolute atomic E-state index is 0.00932. The van der Waals surface area contributed by atoms with Crippen molar-refractivity contribution in [2.45, 2.75) is 25.8 Å². The Hall–Kier alpha value is -0.610. The number of nitrogens with one attached hydrogen (secondary N) is 1. The Kier molecular flexibility index (Phi) is 3.82. The van der Waals surface area contributed by atoms with Crippen molar-refractivity contribution in [3.63, 3.8) is 0 Å². The van der Waals surface area contributed by atoms with Gasteiger partial charge in [0.15, 0.2) is 0 Å². The first kappa shape index (κ1) is 11.9. The van der Waals surface area contributed by atoms with E-state index in [0.717, 1.165) is 26.2 Å². The number of carbonyl (C=O) groups is 1. The van der Waals surface area contributed by atoms with Crippen molar-refractivity contribution in [3.05, 3.63) is 0 Å². The van der Waals surface area contributed by atoms with Crippen molar-refractivity contribution in [1.29, 1.82) is 0 Å². The van der Waals surface area contributed by atoms with Crippen molar-refractivity contribution >= 4 is 5.91 Å². The van der Waals surface area contributed by atoms with Crippen molar-refractivity contribution in [3.8, 4) is 0 Å². The number of hydrogen-bond acceptors (Lipinski definition) is 3. The molecule has 92 valence electrons. The first-order valence-corrected chi connectivity index (χ1v) is 6.37. The van der Waals surface area contributed by atoms with E-state index in [0.29, 0.717) is 5.92 Å². The average molecular weight is 225 g/mol. The maximum absolute atomic E-state index is 11.9. The third-order valence-corrected chi connectivity index (χ3v) is 3.72. The Morgan fingerprint density at radius 1 is 1.44 bits per heavy atom. The SMILES string of the molecule is CC1NCCN(CC2CCCN(C)C2)C1=O. The second kappa shape index (κ2) is 5.15. The summed E-state index contributed by atoms with van der Waals surface area (Å²) in [5.74, 6) is 0.951. The van der Waals surface area contributed by atoms with E-state index < -0.39 is 0 Å². The van der Waals surface area contributed by atoms with E-state index in [1.165, 1.54) is 19.4 Å². The van der Waals surface area contributed by atoms with Gasteiger partial charge in [0.25, 0.3) is 0 Å². The molecular formula is C12H23N3O. The van der Waals surface area contributed by atoms with Gasteiger partial charge in [0.1, 0.15) is 0 Å². The summed E-state index contributed by atoms with van der Waals surface area (Å²) in [6, 6.07) is 0.00932. The predicted octanol–water partition coefficient (Wildman–Crippen LogP) is 0.149. The van der Waals surface area contributed by atoms with E-state index in [1.54, 1.807) is 0 Å². The number of carbonyl (C=O) groups excluding carboxylic acids is 1. The third kappa shape index (κ3) is 2.74. The minimum Gasteiger partial charge on any atom is -0.340 e. The number of piperazine rings is 1. The fraction of sp³-hybridized carbons (Fsp3) is 0.917. The van der Waals surface area contributed by atoms with E-state index >= 15 is 0 Å². The Balaban J connectivity index is 1.86. The molecule has 2 fully saturated rings. The molecule has 2 aliphatic heterocycles. The molecule has 0 aromatic rings. The molecule has 4 heteroatoms. The van der Waals surface area contributed by atoms with Gasteiger partial charge in [0.2, 0.25) is 5.91 Å². The van der Waals surface area contributed by atoms with Crippen LogP contribution in [-0.2, 0) is 4.79 Å². The molecule has 2 saturated heterocycles. The molecule has 1 amide bonds. The van der Waals surface area contributed by atoms with E-state index in [9.17, 15) is 4.79 Å². The molecule has 4 nitrogen and oxygen atoms in total. The molecular weight excluding hydrogens is 202 g/mol. The number of likely N-dealkylation sites (tertiary alicyclic amines) is 1. The summed E-state index contributed by atoms with van der Waals surface area (Å²) < 4.78 is 0. The number of piperidine rings is 1. The normalized spacial score (nSPS) is 33.1. The highest BCUT2D eigenvalue weighted by molar-refractivity contribution is 5.82. The van der Waals surface area contributed by atoms with Gasteiger partial charge in [0, 0.05) is 26.2 Å². The lowest BCUT2D eigenvalue weighted by Gasteiger charge is -2.37. The van der Waals surface area contributed by atoms with Crippen LogP contribution in [0.5, 0.6) is 0 Å². The van der Waals surface area contributed by atoms with Gasteiger partial charge in [-0.15, -0.1) is 0 Å². The molecule has 0 bridgehead atoms. The summed E-state index contributed by atoms with van der Waals surface area (Å²) in [6.07, 6.45) is 2.55. The molecule has 2 heterocycles. The number of amides is 1. The molecule has 2 unspecified atom stereocenters. The summed E-state index contributed by atoms with van der Waals surface area (Å²) in [6.45, 7) is 7.09. The fourth-order valence-corrected chi connectivity index (χ4v) is 2.80. The molecule has 0 radical (unpaired) electrons. The van der Waals surface area contributed by atoms with E-state index in [-0.39, 0.29) is 11.9 Å². The molecule has 0 saturated carbocycles. The lowest BCUT2D eigenvalue weighted by Crippen LogP contribution is -2.55. The molecule has 0 spiro atoms. The lowest BCUT2D eigenvalue weighted by molar-refractivity contribution is -0.136. The van der Waals surface area contributed by atoms with Crippen LogP contribution in [-0.4, -0.2) is 61.5 Å². The van der Waals surface area contributed by atoms with Crippen LogP contribution in [0.3, 0.4) is 0 Å². The molecule has 0 aromatic carbocycles. The van der Waals surface area contributed by atoms with Crippen molar-refractivity contribution < 1.29 is 4.79 Å². The van der Waals surface area contributed by atoms with Crippen LogP contribution in [0.15, 0.2) is 0 Å². The summed E-state index contributed by atoms with van der Waals surface area (Å²) in [5, 5.41) is 3.21. The average Bonchev–Trinajstić information content (AvgIpc) is 2.25. The van der Waals surface area contributed by atoms with Crippen LogP contribution in [0.2, 0.25) is 0 Å². The van der Waals surface area contributed by atoms with E-state index in [4.69, 9.17) is 0 Å². The molecule has 16 heavy (non-hydrogen) atoms. The quantitative estimate of drug-likeness (QED) is 0.726. The van der Waals surface area contributed by atoms with E-state index in [2.05, 4.69) is 17.3 Å². The van der Waals surface area contributed by atoms with Gasteiger partial charge in [-0.3, -0.25) is 4.79 Å². The first-order valence-electron chi connectivity index (χ1n) is 6.37. The van der Waals surface area contributed by atoms with Crippen molar-refractivity contribution in [2.75, 3.05) is 39.8 Å².